The highest BCUT2D eigenvalue weighted by Crippen LogP contribution is 2.40. The summed E-state index contributed by atoms with van der Waals surface area (Å²) in [4.78, 5) is 12.2. The molecule has 0 aromatic heterocycles. The van der Waals surface area contributed by atoms with E-state index >= 15 is 0 Å². The SMILES string of the molecule is COc1ccc(/C=C/C(=O)N[C@H](C)c2ccccc2)c(OC)c1OC. The lowest BCUT2D eigenvalue weighted by molar-refractivity contribution is -0.117. The molecule has 1 amide bonds. The maximum absolute atomic E-state index is 12.2. The van der Waals surface area contributed by atoms with Crippen molar-refractivity contribution in [1.82, 2.24) is 5.32 Å². The monoisotopic (exact) mass is 341 g/mol. The van der Waals surface area contributed by atoms with Gasteiger partial charge < -0.3 is 19.5 Å². The molecule has 1 atom stereocenters. The third-order valence-corrected chi connectivity index (χ3v) is 3.81. The van der Waals surface area contributed by atoms with Crippen molar-refractivity contribution >= 4 is 12.0 Å². The molecule has 0 unspecified atom stereocenters. The van der Waals surface area contributed by atoms with Gasteiger partial charge in [0.25, 0.3) is 0 Å². The van der Waals surface area contributed by atoms with Crippen LogP contribution in [0.4, 0.5) is 0 Å². The molecule has 2 rings (SSSR count). The van der Waals surface area contributed by atoms with Crippen LogP contribution in [0.5, 0.6) is 17.2 Å². The van der Waals surface area contributed by atoms with E-state index in [-0.39, 0.29) is 11.9 Å². The number of hydrogen-bond acceptors (Lipinski definition) is 4. The first-order chi connectivity index (χ1) is 12.1. The first-order valence-electron chi connectivity index (χ1n) is 7.93. The number of carbonyl (C=O) groups is 1. The fraction of sp³-hybridized carbons (Fsp3) is 0.250. The number of benzene rings is 2. The van der Waals surface area contributed by atoms with E-state index in [4.69, 9.17) is 14.2 Å². The number of rotatable bonds is 7. The highest BCUT2D eigenvalue weighted by Gasteiger charge is 2.14. The maximum Gasteiger partial charge on any atom is 0.244 e. The molecule has 5 nitrogen and oxygen atoms in total. The molecule has 0 aliphatic rings. The van der Waals surface area contributed by atoms with Crippen LogP contribution in [0.15, 0.2) is 48.5 Å². The summed E-state index contributed by atoms with van der Waals surface area (Å²) in [5, 5.41) is 2.93. The molecule has 25 heavy (non-hydrogen) atoms. The number of hydrogen-bond donors (Lipinski definition) is 1. The first-order valence-corrected chi connectivity index (χ1v) is 7.93. The molecule has 0 aliphatic heterocycles. The summed E-state index contributed by atoms with van der Waals surface area (Å²) in [6.45, 7) is 1.94. The molecule has 1 N–H and O–H groups in total. The summed E-state index contributed by atoms with van der Waals surface area (Å²) in [7, 11) is 4.65. The van der Waals surface area contributed by atoms with Gasteiger partial charge in [-0.25, -0.2) is 0 Å². The minimum atomic E-state index is -0.187. The summed E-state index contributed by atoms with van der Waals surface area (Å²) >= 11 is 0. The second-order valence-electron chi connectivity index (χ2n) is 5.40. The summed E-state index contributed by atoms with van der Waals surface area (Å²) < 4.78 is 16.0. The molecule has 5 heteroatoms. The van der Waals surface area contributed by atoms with Gasteiger partial charge in [0.15, 0.2) is 11.5 Å². The Bertz CT molecular complexity index is 741. The van der Waals surface area contributed by atoms with Crippen LogP contribution < -0.4 is 19.5 Å². The Morgan fingerprint density at radius 1 is 0.960 bits per heavy atom. The van der Waals surface area contributed by atoms with E-state index < -0.39 is 0 Å². The van der Waals surface area contributed by atoms with Crippen molar-refractivity contribution < 1.29 is 19.0 Å². The zero-order valence-corrected chi connectivity index (χ0v) is 14.9. The van der Waals surface area contributed by atoms with Gasteiger partial charge in [-0.05, 0) is 30.7 Å². The Hall–Kier alpha value is -2.95. The predicted molar refractivity (Wildman–Crippen MR) is 98.1 cm³/mol. The first kappa shape index (κ1) is 18.4. The Labute approximate surface area is 148 Å². The molecule has 0 radical (unpaired) electrons. The van der Waals surface area contributed by atoms with Crippen LogP contribution in [0.25, 0.3) is 6.08 Å². The van der Waals surface area contributed by atoms with E-state index in [9.17, 15) is 4.79 Å². The second kappa shape index (κ2) is 8.78. The molecule has 132 valence electrons. The number of methoxy groups -OCH3 is 3. The van der Waals surface area contributed by atoms with Crippen molar-refractivity contribution in [3.63, 3.8) is 0 Å². The van der Waals surface area contributed by atoms with E-state index in [1.54, 1.807) is 33.5 Å². The van der Waals surface area contributed by atoms with Gasteiger partial charge in [0.05, 0.1) is 27.4 Å². The fourth-order valence-corrected chi connectivity index (χ4v) is 2.51. The van der Waals surface area contributed by atoms with Crippen LogP contribution in [0.1, 0.15) is 24.1 Å². The zero-order valence-electron chi connectivity index (χ0n) is 14.9. The predicted octanol–water partition coefficient (Wildman–Crippen LogP) is 3.60. The Morgan fingerprint density at radius 2 is 1.64 bits per heavy atom. The second-order valence-corrected chi connectivity index (χ2v) is 5.40. The molecule has 2 aromatic carbocycles. The fourth-order valence-electron chi connectivity index (χ4n) is 2.51. The molecule has 0 saturated heterocycles. The lowest BCUT2D eigenvalue weighted by Gasteiger charge is -2.14. The molecule has 0 bridgehead atoms. The smallest absolute Gasteiger partial charge is 0.244 e. The van der Waals surface area contributed by atoms with Gasteiger partial charge in [0, 0.05) is 11.6 Å². The maximum atomic E-state index is 12.2. The van der Waals surface area contributed by atoms with Gasteiger partial charge in [-0.3, -0.25) is 4.79 Å². The molecule has 0 saturated carbocycles. The van der Waals surface area contributed by atoms with Gasteiger partial charge in [0.1, 0.15) is 0 Å². The molecular formula is C20H23NO4. The number of carbonyl (C=O) groups excluding carboxylic acids is 1. The van der Waals surface area contributed by atoms with E-state index in [2.05, 4.69) is 5.32 Å². The minimum Gasteiger partial charge on any atom is -0.493 e. The lowest BCUT2D eigenvalue weighted by atomic mass is 10.1. The van der Waals surface area contributed by atoms with Gasteiger partial charge in [-0.1, -0.05) is 30.3 Å². The summed E-state index contributed by atoms with van der Waals surface area (Å²) in [6, 6.07) is 13.3. The summed E-state index contributed by atoms with van der Waals surface area (Å²) in [5.74, 6) is 1.39. The van der Waals surface area contributed by atoms with Gasteiger partial charge in [0.2, 0.25) is 11.7 Å². The highest BCUT2D eigenvalue weighted by molar-refractivity contribution is 5.92. The van der Waals surface area contributed by atoms with E-state index in [1.165, 1.54) is 6.08 Å². The van der Waals surface area contributed by atoms with Crippen molar-refractivity contribution in [3.8, 4) is 17.2 Å². The molecule has 0 aliphatic carbocycles. The van der Waals surface area contributed by atoms with Crippen molar-refractivity contribution in [2.45, 2.75) is 13.0 Å². The molecule has 0 spiro atoms. The van der Waals surface area contributed by atoms with Gasteiger partial charge in [-0.15, -0.1) is 0 Å². The van der Waals surface area contributed by atoms with Crippen molar-refractivity contribution in [3.05, 3.63) is 59.7 Å². The van der Waals surface area contributed by atoms with Crippen LogP contribution in [0.2, 0.25) is 0 Å². The van der Waals surface area contributed by atoms with Gasteiger partial charge >= 0.3 is 0 Å². The van der Waals surface area contributed by atoms with Crippen LogP contribution >= 0.6 is 0 Å². The average molecular weight is 341 g/mol. The quantitative estimate of drug-likeness (QED) is 0.782. The van der Waals surface area contributed by atoms with Crippen molar-refractivity contribution in [2.24, 2.45) is 0 Å². The Morgan fingerprint density at radius 3 is 2.24 bits per heavy atom. The molecule has 2 aromatic rings. The zero-order chi connectivity index (χ0) is 18.2. The number of nitrogens with one attached hydrogen (secondary N) is 1. The summed E-state index contributed by atoms with van der Waals surface area (Å²) in [6.07, 6.45) is 3.16. The third-order valence-electron chi connectivity index (χ3n) is 3.81. The summed E-state index contributed by atoms with van der Waals surface area (Å²) in [5.41, 5.74) is 1.77. The molecular weight excluding hydrogens is 318 g/mol. The van der Waals surface area contributed by atoms with E-state index in [0.717, 1.165) is 11.1 Å². The Balaban J connectivity index is 2.14. The normalized spacial score (nSPS) is 11.8. The van der Waals surface area contributed by atoms with Crippen LogP contribution in [0, 0.1) is 0 Å². The molecule has 0 fully saturated rings. The van der Waals surface area contributed by atoms with Crippen molar-refractivity contribution in [1.29, 1.82) is 0 Å². The van der Waals surface area contributed by atoms with Crippen LogP contribution in [-0.4, -0.2) is 27.2 Å². The number of ether oxygens (including phenoxy) is 3. The van der Waals surface area contributed by atoms with E-state index in [1.807, 2.05) is 43.3 Å². The third kappa shape index (κ3) is 4.53. The largest absolute Gasteiger partial charge is 0.493 e. The van der Waals surface area contributed by atoms with E-state index in [0.29, 0.717) is 17.2 Å². The molecule has 0 heterocycles. The lowest BCUT2D eigenvalue weighted by Crippen LogP contribution is -2.24. The van der Waals surface area contributed by atoms with Crippen molar-refractivity contribution in [2.75, 3.05) is 21.3 Å². The Kier molecular flexibility index (Phi) is 6.46. The van der Waals surface area contributed by atoms with Gasteiger partial charge in [-0.2, -0.15) is 0 Å². The van der Waals surface area contributed by atoms with Crippen LogP contribution in [-0.2, 0) is 4.79 Å². The van der Waals surface area contributed by atoms with Crippen LogP contribution in [0.3, 0.4) is 0 Å². The topological polar surface area (TPSA) is 56.8 Å². The highest BCUT2D eigenvalue weighted by atomic mass is 16.5. The average Bonchev–Trinajstić information content (AvgIpc) is 2.65. The standard InChI is InChI=1S/C20H23NO4/c1-14(15-8-6-5-7-9-15)21-18(22)13-11-16-10-12-17(23-2)20(25-4)19(16)24-3/h5-14H,1-4H3,(H,21,22)/b13-11+/t14-/m1/s1. The number of amides is 1. The minimum absolute atomic E-state index is 0.0781.